The molecule has 0 spiro atoms. The van der Waals surface area contributed by atoms with Gasteiger partial charge in [-0.15, -0.1) is 0 Å². The Labute approximate surface area is 193 Å². The highest BCUT2D eigenvalue weighted by Gasteiger charge is 2.44. The average molecular weight is 447 g/mol. The highest BCUT2D eigenvalue weighted by atomic mass is 16.2. The number of pyridine rings is 1. The fourth-order valence-corrected chi connectivity index (χ4v) is 5.04. The van der Waals surface area contributed by atoms with Crippen molar-refractivity contribution in [3.63, 3.8) is 0 Å². The van der Waals surface area contributed by atoms with Gasteiger partial charge in [0.2, 0.25) is 5.91 Å². The zero-order valence-electron chi connectivity index (χ0n) is 18.5. The Hall–Kier alpha value is -3.19. The summed E-state index contributed by atoms with van der Waals surface area (Å²) in [6, 6.07) is 16.5. The van der Waals surface area contributed by atoms with Crippen molar-refractivity contribution in [2.24, 2.45) is 11.8 Å². The first-order valence-electron chi connectivity index (χ1n) is 11.7. The van der Waals surface area contributed by atoms with Crippen LogP contribution in [0.4, 0.5) is 11.5 Å². The molecule has 3 saturated heterocycles. The number of hydrogen-bond acceptors (Lipinski definition) is 8. The van der Waals surface area contributed by atoms with Crippen molar-refractivity contribution in [2.75, 3.05) is 29.9 Å². The molecule has 3 fully saturated rings. The third kappa shape index (κ3) is 4.78. The van der Waals surface area contributed by atoms with Crippen molar-refractivity contribution in [2.45, 2.75) is 37.6 Å². The predicted octanol–water partition coefficient (Wildman–Crippen LogP) is 1.46. The number of amides is 1. The molecular formula is C24H30N8O. The molecule has 0 aliphatic carbocycles. The highest BCUT2D eigenvalue weighted by Crippen LogP contribution is 2.27. The summed E-state index contributed by atoms with van der Waals surface area (Å²) in [5.41, 5.74) is 7.75. The smallest absolute Gasteiger partial charge is 0.242 e. The number of carbonyl (C=O) groups excluding carboxylic acids is 1. The van der Waals surface area contributed by atoms with Crippen LogP contribution in [0.15, 0.2) is 48.7 Å². The molecule has 1 amide bonds. The lowest BCUT2D eigenvalue weighted by Crippen LogP contribution is -2.71. The van der Waals surface area contributed by atoms with Crippen molar-refractivity contribution in [3.05, 3.63) is 54.2 Å². The van der Waals surface area contributed by atoms with E-state index in [1.165, 1.54) is 0 Å². The molecule has 5 N–H and O–H groups in total. The molecule has 3 aliphatic rings. The molecule has 4 heterocycles. The summed E-state index contributed by atoms with van der Waals surface area (Å²) < 4.78 is 0. The van der Waals surface area contributed by atoms with E-state index < -0.39 is 0 Å². The first-order chi connectivity index (χ1) is 16.2. The van der Waals surface area contributed by atoms with Crippen molar-refractivity contribution < 1.29 is 4.79 Å². The molecular weight excluding hydrogens is 416 g/mol. The van der Waals surface area contributed by atoms with E-state index in [-0.39, 0.29) is 30.2 Å². The van der Waals surface area contributed by atoms with Gasteiger partial charge in [-0.05, 0) is 36.5 Å². The van der Waals surface area contributed by atoms with E-state index in [4.69, 9.17) is 5.26 Å². The van der Waals surface area contributed by atoms with Crippen LogP contribution in [-0.2, 0) is 4.79 Å². The van der Waals surface area contributed by atoms with Gasteiger partial charge < -0.3 is 10.2 Å². The molecule has 4 unspecified atom stereocenters. The maximum Gasteiger partial charge on any atom is 0.242 e. The topological polar surface area (TPSA) is 117 Å². The Morgan fingerprint density at radius 2 is 1.94 bits per heavy atom. The third-order valence-electron chi connectivity index (χ3n) is 6.88. The van der Waals surface area contributed by atoms with Gasteiger partial charge in [-0.25, -0.2) is 10.4 Å². The summed E-state index contributed by atoms with van der Waals surface area (Å²) in [5.74, 6) is 1.14. The molecule has 9 nitrogen and oxygen atoms in total. The second-order valence-electron chi connectivity index (χ2n) is 9.00. The van der Waals surface area contributed by atoms with Gasteiger partial charge in [0.1, 0.15) is 5.82 Å². The molecule has 172 valence electrons. The molecule has 9 heteroatoms. The van der Waals surface area contributed by atoms with Gasteiger partial charge in [0, 0.05) is 32.1 Å². The van der Waals surface area contributed by atoms with Crippen molar-refractivity contribution in [1.82, 2.24) is 26.5 Å². The molecule has 3 aliphatic heterocycles. The van der Waals surface area contributed by atoms with Gasteiger partial charge in [0.25, 0.3) is 0 Å². The first-order valence-corrected chi connectivity index (χ1v) is 11.7. The second-order valence-corrected chi connectivity index (χ2v) is 9.00. The van der Waals surface area contributed by atoms with E-state index in [1.54, 1.807) is 0 Å². The lowest BCUT2D eigenvalue weighted by Gasteiger charge is -2.46. The van der Waals surface area contributed by atoms with E-state index in [9.17, 15) is 4.79 Å². The van der Waals surface area contributed by atoms with E-state index in [2.05, 4.69) is 54.9 Å². The molecule has 5 rings (SSSR count). The van der Waals surface area contributed by atoms with Crippen LogP contribution in [0.2, 0.25) is 0 Å². The number of rotatable bonds is 5. The van der Waals surface area contributed by atoms with Crippen LogP contribution < -0.4 is 31.7 Å². The average Bonchev–Trinajstić information content (AvgIpc) is 2.86. The maximum absolute atomic E-state index is 12.7. The summed E-state index contributed by atoms with van der Waals surface area (Å²) in [6.45, 7) is 2.51. The summed E-state index contributed by atoms with van der Waals surface area (Å²) >= 11 is 0. The van der Waals surface area contributed by atoms with Crippen LogP contribution in [0.25, 0.3) is 0 Å². The number of hydrazine groups is 1. The van der Waals surface area contributed by atoms with E-state index in [0.29, 0.717) is 18.9 Å². The Morgan fingerprint density at radius 3 is 2.67 bits per heavy atom. The zero-order valence-corrected chi connectivity index (χ0v) is 18.5. The SMILES string of the molecule is N#CCC1CCN(c2ccc(NC3NC(c4ccccc4)NC4CNNC(=O)C43)cn2)CC1. The summed E-state index contributed by atoms with van der Waals surface area (Å²) in [4.78, 5) is 19.6. The third-order valence-corrected chi connectivity index (χ3v) is 6.88. The van der Waals surface area contributed by atoms with Crippen LogP contribution in [0.3, 0.4) is 0 Å². The first kappa shape index (κ1) is 21.6. The lowest BCUT2D eigenvalue weighted by atomic mass is 9.89. The fraction of sp³-hybridized carbons (Fsp3) is 0.458. The minimum atomic E-state index is -0.273. The number of carbonyl (C=O) groups is 1. The number of fused-ring (bicyclic) bond motifs is 1. The molecule has 2 aromatic rings. The van der Waals surface area contributed by atoms with Gasteiger partial charge >= 0.3 is 0 Å². The van der Waals surface area contributed by atoms with Crippen LogP contribution in [-0.4, -0.2) is 42.7 Å². The van der Waals surface area contributed by atoms with Crippen molar-refractivity contribution >= 4 is 17.4 Å². The quantitative estimate of drug-likeness (QED) is 0.469. The van der Waals surface area contributed by atoms with E-state index in [0.717, 1.165) is 43.0 Å². The Kier molecular flexibility index (Phi) is 6.39. The number of piperidine rings is 1. The highest BCUT2D eigenvalue weighted by molar-refractivity contribution is 5.81. The Bertz CT molecular complexity index is 984. The summed E-state index contributed by atoms with van der Waals surface area (Å²) in [6.07, 6.45) is 4.22. The Morgan fingerprint density at radius 1 is 1.12 bits per heavy atom. The molecule has 1 aromatic carbocycles. The standard InChI is InChI=1S/C24H30N8O/c25-11-8-16-9-12-32(13-10-16)20-7-6-18(14-26-20)28-23-21-19(15-27-31-24(21)33)29-22(30-23)17-4-2-1-3-5-17/h1-7,14,16,19,21-23,27-30H,8-10,12-13,15H2,(H,31,33). The monoisotopic (exact) mass is 446 g/mol. The molecule has 1 aromatic heterocycles. The van der Waals surface area contributed by atoms with Crippen molar-refractivity contribution in [1.29, 1.82) is 5.26 Å². The second kappa shape index (κ2) is 9.75. The van der Waals surface area contributed by atoms with E-state index in [1.807, 2.05) is 36.5 Å². The van der Waals surface area contributed by atoms with Crippen LogP contribution in [0, 0.1) is 23.2 Å². The number of aromatic nitrogens is 1. The number of nitrogens with one attached hydrogen (secondary N) is 5. The zero-order chi connectivity index (χ0) is 22.6. The van der Waals surface area contributed by atoms with Gasteiger partial charge in [0.05, 0.1) is 36.2 Å². The van der Waals surface area contributed by atoms with E-state index >= 15 is 0 Å². The molecule has 0 saturated carbocycles. The number of benzene rings is 1. The number of anilines is 2. The van der Waals surface area contributed by atoms with Crippen LogP contribution in [0.1, 0.15) is 31.0 Å². The normalized spacial score (nSPS) is 27.8. The largest absolute Gasteiger partial charge is 0.368 e. The fourth-order valence-electron chi connectivity index (χ4n) is 5.04. The van der Waals surface area contributed by atoms with Crippen LogP contribution in [0.5, 0.6) is 0 Å². The van der Waals surface area contributed by atoms with Gasteiger partial charge in [-0.1, -0.05) is 30.3 Å². The minimum Gasteiger partial charge on any atom is -0.368 e. The van der Waals surface area contributed by atoms with Crippen LogP contribution >= 0.6 is 0 Å². The predicted molar refractivity (Wildman–Crippen MR) is 126 cm³/mol. The van der Waals surface area contributed by atoms with Gasteiger partial charge in [-0.2, -0.15) is 5.26 Å². The number of nitriles is 1. The van der Waals surface area contributed by atoms with Gasteiger partial charge in [-0.3, -0.25) is 20.9 Å². The summed E-state index contributed by atoms with van der Waals surface area (Å²) in [5, 5.41) is 19.6. The van der Waals surface area contributed by atoms with Gasteiger partial charge in [0.15, 0.2) is 0 Å². The molecule has 33 heavy (non-hydrogen) atoms. The van der Waals surface area contributed by atoms with Crippen molar-refractivity contribution in [3.8, 4) is 6.07 Å². The number of hydrogen-bond donors (Lipinski definition) is 5. The number of nitrogens with zero attached hydrogens (tertiary/aromatic N) is 3. The summed E-state index contributed by atoms with van der Waals surface area (Å²) in [7, 11) is 0. The Balaban J connectivity index is 1.28. The lowest BCUT2D eigenvalue weighted by molar-refractivity contribution is -0.131. The molecule has 0 radical (unpaired) electrons. The minimum absolute atomic E-state index is 0.00959. The molecule has 4 atom stereocenters. The molecule has 0 bridgehead atoms. The maximum atomic E-state index is 12.7.